The van der Waals surface area contributed by atoms with Gasteiger partial charge in [-0.3, -0.25) is 0 Å². The topological polar surface area (TPSA) is 81.2 Å². The predicted molar refractivity (Wildman–Crippen MR) is 94.9 cm³/mol. The number of aromatic nitrogens is 3. The maximum absolute atomic E-state index is 5.32. The third kappa shape index (κ3) is 5.26. The van der Waals surface area contributed by atoms with E-state index < -0.39 is 0 Å². The first-order valence-electron chi connectivity index (χ1n) is 8.00. The number of nitrogens with one attached hydrogen (secondary N) is 2. The molecule has 0 spiro atoms. The third-order valence-electron chi connectivity index (χ3n) is 3.39. The summed E-state index contributed by atoms with van der Waals surface area (Å²) in [7, 11) is 3.27. The molecular formula is C17H25N5O2. The Labute approximate surface area is 142 Å². The van der Waals surface area contributed by atoms with Crippen LogP contribution in [0.4, 0.5) is 11.8 Å². The largest absolute Gasteiger partial charge is 0.493 e. The number of nitrogens with zero attached hydrogens (tertiary/aromatic N) is 3. The second kappa shape index (κ2) is 8.90. The summed E-state index contributed by atoms with van der Waals surface area (Å²) in [6.07, 6.45) is 2.45. The molecule has 1 aromatic carbocycles. The lowest BCUT2D eigenvalue weighted by Gasteiger charge is -2.11. The van der Waals surface area contributed by atoms with Crippen LogP contribution in [-0.4, -0.2) is 42.5 Å². The van der Waals surface area contributed by atoms with Gasteiger partial charge >= 0.3 is 0 Å². The summed E-state index contributed by atoms with van der Waals surface area (Å²) in [6.45, 7) is 5.81. The first kappa shape index (κ1) is 17.8. The van der Waals surface area contributed by atoms with E-state index >= 15 is 0 Å². The highest BCUT2D eigenvalue weighted by molar-refractivity contribution is 5.43. The SMILES string of the molecule is COc1ccc(CCNc2cnnc(NCC(C)C)n2)cc1OC. The normalized spacial score (nSPS) is 10.5. The van der Waals surface area contributed by atoms with Crippen molar-refractivity contribution in [3.8, 4) is 11.5 Å². The van der Waals surface area contributed by atoms with E-state index in [4.69, 9.17) is 9.47 Å². The zero-order valence-electron chi connectivity index (χ0n) is 14.7. The van der Waals surface area contributed by atoms with Gasteiger partial charge in [-0.15, -0.1) is 5.10 Å². The third-order valence-corrected chi connectivity index (χ3v) is 3.39. The Morgan fingerprint density at radius 2 is 1.88 bits per heavy atom. The van der Waals surface area contributed by atoms with Crippen LogP contribution in [0.5, 0.6) is 11.5 Å². The van der Waals surface area contributed by atoms with E-state index in [9.17, 15) is 0 Å². The van der Waals surface area contributed by atoms with Gasteiger partial charge < -0.3 is 20.1 Å². The molecular weight excluding hydrogens is 306 g/mol. The van der Waals surface area contributed by atoms with Gasteiger partial charge in [-0.05, 0) is 30.0 Å². The molecule has 2 rings (SSSR count). The Morgan fingerprint density at radius 1 is 1.08 bits per heavy atom. The Bertz CT molecular complexity index is 649. The summed E-state index contributed by atoms with van der Waals surface area (Å²) in [6, 6.07) is 5.92. The van der Waals surface area contributed by atoms with E-state index in [2.05, 4.69) is 39.7 Å². The minimum absolute atomic E-state index is 0.523. The number of hydrogen-bond acceptors (Lipinski definition) is 7. The molecule has 1 heterocycles. The zero-order chi connectivity index (χ0) is 17.4. The van der Waals surface area contributed by atoms with E-state index in [0.717, 1.165) is 36.6 Å². The van der Waals surface area contributed by atoms with Crippen molar-refractivity contribution in [1.82, 2.24) is 15.2 Å². The number of methoxy groups -OCH3 is 2. The summed E-state index contributed by atoms with van der Waals surface area (Å²) in [5.41, 5.74) is 1.15. The van der Waals surface area contributed by atoms with Crippen molar-refractivity contribution in [1.29, 1.82) is 0 Å². The fourth-order valence-corrected chi connectivity index (χ4v) is 2.13. The highest BCUT2D eigenvalue weighted by Gasteiger charge is 2.05. The minimum Gasteiger partial charge on any atom is -0.493 e. The molecule has 7 heteroatoms. The monoisotopic (exact) mass is 331 g/mol. The zero-order valence-corrected chi connectivity index (χ0v) is 14.7. The second-order valence-electron chi connectivity index (χ2n) is 5.81. The first-order valence-corrected chi connectivity index (χ1v) is 8.00. The Kier molecular flexibility index (Phi) is 6.60. The Hall–Kier alpha value is -2.57. The standard InChI is InChI=1S/C17H25N5O2/c1-12(2)10-19-17-21-16(11-20-22-17)18-8-7-13-5-6-14(23-3)15(9-13)24-4/h5-6,9,11-12H,7-8,10H2,1-4H3,(H2,18,19,21,22). The molecule has 2 aromatic rings. The predicted octanol–water partition coefficient (Wildman–Crippen LogP) is 2.61. The average molecular weight is 331 g/mol. The highest BCUT2D eigenvalue weighted by atomic mass is 16.5. The van der Waals surface area contributed by atoms with Gasteiger partial charge in [0.05, 0.1) is 20.4 Å². The molecule has 0 radical (unpaired) electrons. The van der Waals surface area contributed by atoms with Crippen LogP contribution in [0.3, 0.4) is 0 Å². The molecule has 24 heavy (non-hydrogen) atoms. The molecule has 0 aliphatic rings. The summed E-state index contributed by atoms with van der Waals surface area (Å²) in [5, 5.41) is 14.4. The van der Waals surface area contributed by atoms with Crippen LogP contribution < -0.4 is 20.1 Å². The molecule has 0 saturated carbocycles. The molecule has 0 unspecified atom stereocenters. The molecule has 0 fully saturated rings. The van der Waals surface area contributed by atoms with Crippen LogP contribution >= 0.6 is 0 Å². The van der Waals surface area contributed by atoms with Crippen LogP contribution in [0.1, 0.15) is 19.4 Å². The fraction of sp³-hybridized carbons (Fsp3) is 0.471. The number of rotatable bonds is 9. The Balaban J connectivity index is 1.89. The molecule has 1 aromatic heterocycles. The number of anilines is 2. The van der Waals surface area contributed by atoms with Gasteiger partial charge in [0.2, 0.25) is 5.95 Å². The lowest BCUT2D eigenvalue weighted by atomic mass is 10.1. The maximum Gasteiger partial charge on any atom is 0.244 e. The van der Waals surface area contributed by atoms with Crippen LogP contribution in [0.2, 0.25) is 0 Å². The summed E-state index contributed by atoms with van der Waals surface area (Å²) in [5.74, 6) is 3.24. The molecule has 2 N–H and O–H groups in total. The Morgan fingerprint density at radius 3 is 2.58 bits per heavy atom. The van der Waals surface area contributed by atoms with Gasteiger partial charge in [-0.2, -0.15) is 10.1 Å². The van der Waals surface area contributed by atoms with E-state index in [1.807, 2.05) is 18.2 Å². The van der Waals surface area contributed by atoms with Gasteiger partial charge in [-0.25, -0.2) is 0 Å². The van der Waals surface area contributed by atoms with Crippen LogP contribution in [0.25, 0.3) is 0 Å². The van der Waals surface area contributed by atoms with Crippen molar-refractivity contribution in [3.05, 3.63) is 30.0 Å². The molecule has 0 atom stereocenters. The summed E-state index contributed by atoms with van der Waals surface area (Å²) < 4.78 is 10.6. The van der Waals surface area contributed by atoms with Crippen molar-refractivity contribution in [2.24, 2.45) is 5.92 Å². The van der Waals surface area contributed by atoms with Crippen molar-refractivity contribution in [2.45, 2.75) is 20.3 Å². The average Bonchev–Trinajstić information content (AvgIpc) is 2.60. The van der Waals surface area contributed by atoms with Crippen molar-refractivity contribution in [2.75, 3.05) is 37.9 Å². The lowest BCUT2D eigenvalue weighted by molar-refractivity contribution is 0.354. The highest BCUT2D eigenvalue weighted by Crippen LogP contribution is 2.27. The molecule has 7 nitrogen and oxygen atoms in total. The van der Waals surface area contributed by atoms with Crippen molar-refractivity contribution in [3.63, 3.8) is 0 Å². The molecule has 0 aliphatic carbocycles. The second-order valence-corrected chi connectivity index (χ2v) is 5.81. The molecule has 0 amide bonds. The lowest BCUT2D eigenvalue weighted by Crippen LogP contribution is -2.13. The van der Waals surface area contributed by atoms with Crippen molar-refractivity contribution >= 4 is 11.8 Å². The first-order chi connectivity index (χ1) is 11.6. The maximum atomic E-state index is 5.32. The van der Waals surface area contributed by atoms with E-state index in [1.54, 1.807) is 20.4 Å². The molecule has 0 aliphatic heterocycles. The molecule has 0 bridgehead atoms. The summed E-state index contributed by atoms with van der Waals surface area (Å²) >= 11 is 0. The van der Waals surface area contributed by atoms with Crippen LogP contribution in [0.15, 0.2) is 24.4 Å². The summed E-state index contributed by atoms with van der Waals surface area (Å²) in [4.78, 5) is 4.40. The quantitative estimate of drug-likeness (QED) is 0.731. The van der Waals surface area contributed by atoms with Gasteiger partial charge in [0.15, 0.2) is 17.3 Å². The van der Waals surface area contributed by atoms with Gasteiger partial charge in [0.25, 0.3) is 0 Å². The number of benzene rings is 1. The van der Waals surface area contributed by atoms with E-state index in [0.29, 0.717) is 17.7 Å². The van der Waals surface area contributed by atoms with E-state index in [-0.39, 0.29) is 0 Å². The van der Waals surface area contributed by atoms with E-state index in [1.165, 1.54) is 0 Å². The smallest absolute Gasteiger partial charge is 0.244 e. The van der Waals surface area contributed by atoms with Crippen LogP contribution in [-0.2, 0) is 6.42 Å². The minimum atomic E-state index is 0.523. The van der Waals surface area contributed by atoms with Crippen molar-refractivity contribution < 1.29 is 9.47 Å². The van der Waals surface area contributed by atoms with Gasteiger partial charge in [0, 0.05) is 13.1 Å². The van der Waals surface area contributed by atoms with Gasteiger partial charge in [0.1, 0.15) is 0 Å². The number of ether oxygens (including phenoxy) is 2. The molecule has 130 valence electrons. The van der Waals surface area contributed by atoms with Crippen LogP contribution in [0, 0.1) is 5.92 Å². The fourth-order valence-electron chi connectivity index (χ4n) is 2.13. The number of hydrogen-bond donors (Lipinski definition) is 2. The van der Waals surface area contributed by atoms with Gasteiger partial charge in [-0.1, -0.05) is 19.9 Å². The molecule has 0 saturated heterocycles.